The van der Waals surface area contributed by atoms with E-state index in [0.29, 0.717) is 5.69 Å². The fraction of sp³-hybridized carbons (Fsp3) is 0. The van der Waals surface area contributed by atoms with Gasteiger partial charge in [-0.3, -0.25) is 15.1 Å². The highest BCUT2D eigenvalue weighted by Gasteiger charge is 2.04. The van der Waals surface area contributed by atoms with Crippen LogP contribution in [-0.4, -0.2) is 11.1 Å². The molecule has 2 aromatic carbocycles. The summed E-state index contributed by atoms with van der Waals surface area (Å²) in [7, 11) is 0. The van der Waals surface area contributed by atoms with Crippen molar-refractivity contribution in [3.05, 3.63) is 74.8 Å². The van der Waals surface area contributed by atoms with Crippen LogP contribution in [0.15, 0.2) is 64.1 Å². The van der Waals surface area contributed by atoms with Crippen molar-refractivity contribution in [2.45, 2.75) is 0 Å². The fourth-order valence-corrected chi connectivity index (χ4v) is 1.94. The number of nitro groups is 1. The highest BCUT2D eigenvalue weighted by molar-refractivity contribution is 9.12. The van der Waals surface area contributed by atoms with E-state index in [-0.39, 0.29) is 5.69 Å². The summed E-state index contributed by atoms with van der Waals surface area (Å²) in [4.78, 5) is 14.4. The molecular formula is C15H11BrN2O2. The zero-order valence-electron chi connectivity index (χ0n) is 10.4. The summed E-state index contributed by atoms with van der Waals surface area (Å²) in [6.45, 7) is 0. The van der Waals surface area contributed by atoms with E-state index < -0.39 is 4.92 Å². The molecule has 2 aromatic rings. The van der Waals surface area contributed by atoms with Crippen LogP contribution in [0.5, 0.6) is 0 Å². The molecule has 0 amide bonds. The van der Waals surface area contributed by atoms with Gasteiger partial charge in [0.2, 0.25) is 0 Å². The molecular weight excluding hydrogens is 320 g/mol. The number of rotatable bonds is 4. The van der Waals surface area contributed by atoms with Crippen LogP contribution in [0.1, 0.15) is 5.56 Å². The van der Waals surface area contributed by atoms with E-state index in [2.05, 4.69) is 20.9 Å². The molecule has 0 unspecified atom stereocenters. The highest BCUT2D eigenvalue weighted by Crippen LogP contribution is 2.20. The lowest BCUT2D eigenvalue weighted by molar-refractivity contribution is -0.384. The Morgan fingerprint density at radius 1 is 1.15 bits per heavy atom. The van der Waals surface area contributed by atoms with Crippen molar-refractivity contribution >= 4 is 39.6 Å². The molecule has 20 heavy (non-hydrogen) atoms. The van der Waals surface area contributed by atoms with Crippen molar-refractivity contribution in [3.8, 4) is 0 Å². The van der Waals surface area contributed by atoms with Gasteiger partial charge in [0.05, 0.1) is 10.6 Å². The summed E-state index contributed by atoms with van der Waals surface area (Å²) < 4.78 is 0.787. The zero-order valence-corrected chi connectivity index (χ0v) is 12.0. The first-order chi connectivity index (χ1) is 9.65. The predicted octanol–water partition coefficient (Wildman–Crippen LogP) is 4.73. The van der Waals surface area contributed by atoms with E-state index in [1.807, 2.05) is 36.4 Å². The van der Waals surface area contributed by atoms with Crippen LogP contribution in [0, 0.1) is 10.1 Å². The van der Waals surface area contributed by atoms with Crippen molar-refractivity contribution in [3.63, 3.8) is 0 Å². The van der Waals surface area contributed by atoms with Crippen LogP contribution in [0.2, 0.25) is 0 Å². The Kier molecular flexibility index (Phi) is 4.79. The molecule has 0 bridgehead atoms. The molecule has 0 aliphatic carbocycles. The first kappa shape index (κ1) is 14.1. The summed E-state index contributed by atoms with van der Waals surface area (Å²) in [5.74, 6) is 0. The van der Waals surface area contributed by atoms with Gasteiger partial charge in [-0.1, -0.05) is 36.4 Å². The van der Waals surface area contributed by atoms with E-state index in [1.165, 1.54) is 12.1 Å². The van der Waals surface area contributed by atoms with E-state index in [9.17, 15) is 10.1 Å². The molecule has 0 N–H and O–H groups in total. The maximum Gasteiger partial charge on any atom is 0.271 e. The summed E-state index contributed by atoms with van der Waals surface area (Å²) >= 11 is 3.40. The molecule has 2 rings (SSSR count). The number of nitro benzene ring substituents is 1. The molecule has 0 saturated heterocycles. The molecule has 0 spiro atoms. The third-order valence-electron chi connectivity index (χ3n) is 2.48. The van der Waals surface area contributed by atoms with Crippen molar-refractivity contribution in [1.82, 2.24) is 0 Å². The predicted molar refractivity (Wildman–Crippen MR) is 84.6 cm³/mol. The Hall–Kier alpha value is -2.27. The Morgan fingerprint density at radius 2 is 1.90 bits per heavy atom. The normalized spacial score (nSPS) is 11.8. The summed E-state index contributed by atoms with van der Waals surface area (Å²) in [6, 6.07) is 16.0. The van der Waals surface area contributed by atoms with E-state index in [4.69, 9.17) is 0 Å². The summed E-state index contributed by atoms with van der Waals surface area (Å²) in [5, 5.41) is 10.7. The van der Waals surface area contributed by atoms with Crippen molar-refractivity contribution in [2.24, 2.45) is 4.99 Å². The Bertz CT molecular complexity index is 667. The monoisotopic (exact) mass is 330 g/mol. The standard InChI is InChI=1S/C15H11BrN2O2/c16-13(9-12-5-2-1-3-6-12)11-17-14-7-4-8-15(10-14)18(19)20/h1-11H. The molecule has 100 valence electrons. The second-order valence-electron chi connectivity index (χ2n) is 3.98. The van der Waals surface area contributed by atoms with Crippen LogP contribution in [0.25, 0.3) is 6.08 Å². The lowest BCUT2D eigenvalue weighted by Gasteiger charge is -1.95. The molecule has 0 heterocycles. The average molecular weight is 331 g/mol. The number of halogens is 1. The number of hydrogen-bond donors (Lipinski definition) is 0. The van der Waals surface area contributed by atoms with Gasteiger partial charge in [-0.15, -0.1) is 0 Å². The van der Waals surface area contributed by atoms with Gasteiger partial charge in [0, 0.05) is 22.8 Å². The third kappa shape index (κ3) is 4.13. The lowest BCUT2D eigenvalue weighted by Crippen LogP contribution is -1.86. The topological polar surface area (TPSA) is 55.5 Å². The Labute approximate surface area is 124 Å². The van der Waals surface area contributed by atoms with Gasteiger partial charge in [-0.05, 0) is 33.6 Å². The minimum absolute atomic E-state index is 0.0304. The van der Waals surface area contributed by atoms with Gasteiger partial charge in [-0.25, -0.2) is 0 Å². The molecule has 0 aliphatic heterocycles. The quantitative estimate of drug-likeness (QED) is 0.462. The average Bonchev–Trinajstić information content (AvgIpc) is 2.46. The SMILES string of the molecule is O=[N+]([O-])c1cccc(N=CC(Br)=Cc2ccccc2)c1. The first-order valence-corrected chi connectivity index (χ1v) is 6.65. The molecule has 0 atom stereocenters. The minimum Gasteiger partial charge on any atom is -0.258 e. The number of aliphatic imine (C=N–C) groups is 1. The molecule has 0 aliphatic rings. The number of nitrogens with zero attached hydrogens (tertiary/aromatic N) is 2. The molecule has 0 aromatic heterocycles. The van der Waals surface area contributed by atoms with Gasteiger partial charge in [0.1, 0.15) is 0 Å². The first-order valence-electron chi connectivity index (χ1n) is 5.86. The summed E-state index contributed by atoms with van der Waals surface area (Å²) in [5.41, 5.74) is 1.62. The number of hydrogen-bond acceptors (Lipinski definition) is 3. The fourth-order valence-electron chi connectivity index (χ4n) is 1.57. The second kappa shape index (κ2) is 6.77. The van der Waals surface area contributed by atoms with E-state index in [0.717, 1.165) is 10.0 Å². The maximum atomic E-state index is 10.7. The second-order valence-corrected chi connectivity index (χ2v) is 4.89. The minimum atomic E-state index is -0.437. The zero-order chi connectivity index (χ0) is 14.4. The van der Waals surface area contributed by atoms with Gasteiger partial charge >= 0.3 is 0 Å². The molecule has 0 radical (unpaired) electrons. The third-order valence-corrected chi connectivity index (χ3v) is 2.92. The molecule has 4 nitrogen and oxygen atoms in total. The van der Waals surface area contributed by atoms with Gasteiger partial charge in [-0.2, -0.15) is 0 Å². The summed E-state index contributed by atoms with van der Waals surface area (Å²) in [6.07, 6.45) is 3.53. The van der Waals surface area contributed by atoms with Crippen molar-refractivity contribution in [1.29, 1.82) is 0 Å². The smallest absolute Gasteiger partial charge is 0.258 e. The van der Waals surface area contributed by atoms with E-state index in [1.54, 1.807) is 18.3 Å². The highest BCUT2D eigenvalue weighted by atomic mass is 79.9. The molecule has 0 fully saturated rings. The Morgan fingerprint density at radius 3 is 2.60 bits per heavy atom. The van der Waals surface area contributed by atoms with Gasteiger partial charge in [0.15, 0.2) is 0 Å². The van der Waals surface area contributed by atoms with Crippen molar-refractivity contribution in [2.75, 3.05) is 0 Å². The number of allylic oxidation sites excluding steroid dienone is 1. The van der Waals surface area contributed by atoms with Crippen LogP contribution >= 0.6 is 15.9 Å². The van der Waals surface area contributed by atoms with Gasteiger partial charge in [0.25, 0.3) is 5.69 Å². The molecule has 5 heteroatoms. The lowest BCUT2D eigenvalue weighted by atomic mass is 10.2. The number of benzene rings is 2. The molecule has 0 saturated carbocycles. The number of non-ortho nitro benzene ring substituents is 1. The largest absolute Gasteiger partial charge is 0.271 e. The van der Waals surface area contributed by atoms with Crippen molar-refractivity contribution < 1.29 is 4.92 Å². The van der Waals surface area contributed by atoms with Crippen LogP contribution in [0.4, 0.5) is 11.4 Å². The maximum absolute atomic E-state index is 10.7. The van der Waals surface area contributed by atoms with Crippen LogP contribution < -0.4 is 0 Å². The van der Waals surface area contributed by atoms with Crippen LogP contribution in [-0.2, 0) is 0 Å². The Balaban J connectivity index is 2.15. The van der Waals surface area contributed by atoms with Gasteiger partial charge < -0.3 is 0 Å². The van der Waals surface area contributed by atoms with E-state index >= 15 is 0 Å². The van der Waals surface area contributed by atoms with Crippen LogP contribution in [0.3, 0.4) is 0 Å².